The van der Waals surface area contributed by atoms with Gasteiger partial charge >= 0.3 is 6.03 Å². The number of likely N-dealkylation sites (tertiary alicyclic amines) is 2. The molecule has 1 unspecified atom stereocenters. The number of anilines is 1. The van der Waals surface area contributed by atoms with Crippen LogP contribution in [0.3, 0.4) is 0 Å². The van der Waals surface area contributed by atoms with Gasteiger partial charge in [0.25, 0.3) is 0 Å². The summed E-state index contributed by atoms with van der Waals surface area (Å²) in [5, 5.41) is 7.36. The molecular formula is C20H27N5O. The third kappa shape index (κ3) is 3.60. The van der Waals surface area contributed by atoms with Crippen LogP contribution in [0.5, 0.6) is 0 Å². The Morgan fingerprint density at radius 3 is 2.77 bits per heavy atom. The topological polar surface area (TPSA) is 53.4 Å². The average Bonchev–Trinajstić information content (AvgIpc) is 3.03. The lowest BCUT2D eigenvalue weighted by Gasteiger charge is -2.49. The number of carbonyl (C=O) groups excluding carboxylic acids is 1. The van der Waals surface area contributed by atoms with Crippen LogP contribution in [0.1, 0.15) is 31.7 Å². The number of hydrogen-bond donors (Lipinski definition) is 1. The molecule has 3 heterocycles. The molecule has 26 heavy (non-hydrogen) atoms. The molecule has 1 aromatic heterocycles. The lowest BCUT2D eigenvalue weighted by Crippen LogP contribution is -2.64. The number of urea groups is 1. The van der Waals surface area contributed by atoms with Crippen LogP contribution in [0.4, 0.5) is 10.6 Å². The van der Waals surface area contributed by atoms with Crippen molar-refractivity contribution in [3.05, 3.63) is 48.2 Å². The van der Waals surface area contributed by atoms with Gasteiger partial charge in [-0.15, -0.1) is 0 Å². The van der Waals surface area contributed by atoms with Crippen LogP contribution in [0.2, 0.25) is 0 Å². The summed E-state index contributed by atoms with van der Waals surface area (Å²) in [7, 11) is 0. The third-order valence-corrected chi connectivity index (χ3v) is 5.60. The van der Waals surface area contributed by atoms with Crippen LogP contribution in [-0.4, -0.2) is 57.3 Å². The smallest absolute Gasteiger partial charge is 0.321 e. The second kappa shape index (κ2) is 7.50. The largest absolute Gasteiger partial charge is 0.323 e. The molecule has 0 radical (unpaired) electrons. The molecule has 2 aliphatic rings. The second-order valence-electron chi connectivity index (χ2n) is 7.43. The fourth-order valence-corrected chi connectivity index (χ4v) is 4.00. The summed E-state index contributed by atoms with van der Waals surface area (Å²) >= 11 is 0. The second-order valence-corrected chi connectivity index (χ2v) is 7.43. The number of rotatable bonds is 4. The van der Waals surface area contributed by atoms with Crippen LogP contribution < -0.4 is 5.32 Å². The van der Waals surface area contributed by atoms with Crippen LogP contribution in [-0.2, 0) is 6.54 Å². The minimum absolute atomic E-state index is 0.0271. The third-order valence-electron chi connectivity index (χ3n) is 5.60. The van der Waals surface area contributed by atoms with Crippen LogP contribution >= 0.6 is 0 Å². The minimum atomic E-state index is -0.0271. The monoisotopic (exact) mass is 353 g/mol. The molecule has 2 saturated heterocycles. The number of amides is 2. The van der Waals surface area contributed by atoms with E-state index in [0.29, 0.717) is 18.6 Å². The van der Waals surface area contributed by atoms with Crippen molar-refractivity contribution in [2.75, 3.05) is 25.0 Å². The molecule has 6 nitrogen and oxygen atoms in total. The first-order valence-electron chi connectivity index (χ1n) is 9.58. The number of hydrogen-bond acceptors (Lipinski definition) is 3. The average molecular weight is 353 g/mol. The van der Waals surface area contributed by atoms with E-state index in [1.165, 1.54) is 25.8 Å². The summed E-state index contributed by atoms with van der Waals surface area (Å²) in [5.74, 6) is 0.744. The summed E-state index contributed by atoms with van der Waals surface area (Å²) in [6.45, 7) is 5.78. The lowest BCUT2D eigenvalue weighted by atomic mass is 9.98. The van der Waals surface area contributed by atoms with E-state index in [-0.39, 0.29) is 6.03 Å². The Morgan fingerprint density at radius 1 is 1.19 bits per heavy atom. The molecule has 1 N–H and O–H groups in total. The zero-order valence-electron chi connectivity index (χ0n) is 15.3. The fraction of sp³-hybridized carbons (Fsp3) is 0.500. The van der Waals surface area contributed by atoms with E-state index in [1.54, 1.807) is 6.20 Å². The van der Waals surface area contributed by atoms with Gasteiger partial charge in [-0.25, -0.2) is 9.48 Å². The predicted molar refractivity (Wildman–Crippen MR) is 102 cm³/mol. The molecule has 6 heteroatoms. The molecule has 2 aliphatic heterocycles. The van der Waals surface area contributed by atoms with Gasteiger partial charge < -0.3 is 4.90 Å². The van der Waals surface area contributed by atoms with E-state index >= 15 is 0 Å². The molecule has 4 rings (SSSR count). The molecule has 0 spiro atoms. The molecule has 2 amide bonds. The van der Waals surface area contributed by atoms with Gasteiger partial charge in [0.1, 0.15) is 5.82 Å². The zero-order chi connectivity index (χ0) is 17.9. The maximum Gasteiger partial charge on any atom is 0.323 e. The van der Waals surface area contributed by atoms with Gasteiger partial charge in [-0.05, 0) is 31.9 Å². The van der Waals surface area contributed by atoms with Crippen molar-refractivity contribution in [3.63, 3.8) is 0 Å². The summed E-state index contributed by atoms with van der Waals surface area (Å²) in [5.41, 5.74) is 1.16. The van der Waals surface area contributed by atoms with Crippen molar-refractivity contribution in [3.8, 4) is 0 Å². The highest BCUT2D eigenvalue weighted by Gasteiger charge is 2.37. The van der Waals surface area contributed by atoms with Crippen LogP contribution in [0.15, 0.2) is 42.6 Å². The van der Waals surface area contributed by atoms with Crippen molar-refractivity contribution < 1.29 is 4.79 Å². The van der Waals surface area contributed by atoms with Gasteiger partial charge in [0.15, 0.2) is 0 Å². The Labute approximate surface area is 154 Å². The highest BCUT2D eigenvalue weighted by atomic mass is 16.2. The van der Waals surface area contributed by atoms with Crippen molar-refractivity contribution >= 4 is 11.8 Å². The van der Waals surface area contributed by atoms with Gasteiger partial charge in [-0.1, -0.05) is 36.8 Å². The molecular weight excluding hydrogens is 326 g/mol. The maximum atomic E-state index is 12.6. The Hall–Kier alpha value is -2.34. The minimum Gasteiger partial charge on any atom is -0.321 e. The highest BCUT2D eigenvalue weighted by Crippen LogP contribution is 2.25. The normalized spacial score (nSPS) is 21.4. The quantitative estimate of drug-likeness (QED) is 0.919. The highest BCUT2D eigenvalue weighted by molar-refractivity contribution is 5.89. The van der Waals surface area contributed by atoms with E-state index in [9.17, 15) is 4.79 Å². The first-order chi connectivity index (χ1) is 12.7. The van der Waals surface area contributed by atoms with Gasteiger partial charge in [-0.3, -0.25) is 10.2 Å². The molecule has 0 bridgehead atoms. The molecule has 1 aromatic carbocycles. The molecule has 2 aromatic rings. The van der Waals surface area contributed by atoms with Crippen molar-refractivity contribution in [2.45, 2.75) is 44.8 Å². The summed E-state index contributed by atoms with van der Waals surface area (Å²) in [6, 6.07) is 13.1. The van der Waals surface area contributed by atoms with Gasteiger partial charge in [0.2, 0.25) is 0 Å². The number of carbonyl (C=O) groups is 1. The van der Waals surface area contributed by atoms with Crippen molar-refractivity contribution in [2.24, 2.45) is 0 Å². The van der Waals surface area contributed by atoms with Crippen LogP contribution in [0, 0.1) is 0 Å². The number of piperidine rings is 1. The van der Waals surface area contributed by atoms with Crippen molar-refractivity contribution in [1.82, 2.24) is 19.6 Å². The first-order valence-corrected chi connectivity index (χ1v) is 9.58. The molecule has 0 saturated carbocycles. The molecule has 0 aliphatic carbocycles. The molecule has 2 fully saturated rings. The molecule has 1 atom stereocenters. The number of nitrogens with one attached hydrogen (secondary N) is 1. The van der Waals surface area contributed by atoms with Gasteiger partial charge in [-0.2, -0.15) is 5.10 Å². The fourth-order valence-electron chi connectivity index (χ4n) is 4.00. The zero-order valence-corrected chi connectivity index (χ0v) is 15.3. The number of aromatic nitrogens is 2. The first kappa shape index (κ1) is 17.1. The van der Waals surface area contributed by atoms with Gasteiger partial charge in [0.05, 0.1) is 12.7 Å². The summed E-state index contributed by atoms with van der Waals surface area (Å²) in [6.07, 6.45) is 5.62. The Kier molecular flexibility index (Phi) is 4.93. The Bertz CT molecular complexity index is 738. The van der Waals surface area contributed by atoms with E-state index in [4.69, 9.17) is 0 Å². The maximum absolute atomic E-state index is 12.6. The number of nitrogens with zero attached hydrogens (tertiary/aromatic N) is 4. The van der Waals surface area contributed by atoms with Gasteiger partial charge in [0, 0.05) is 31.2 Å². The van der Waals surface area contributed by atoms with Crippen molar-refractivity contribution in [1.29, 1.82) is 0 Å². The van der Waals surface area contributed by atoms with Crippen LogP contribution in [0.25, 0.3) is 0 Å². The Morgan fingerprint density at radius 2 is 2.00 bits per heavy atom. The van der Waals surface area contributed by atoms with E-state index in [0.717, 1.165) is 24.5 Å². The number of benzene rings is 1. The van der Waals surface area contributed by atoms with E-state index in [1.807, 2.05) is 33.8 Å². The predicted octanol–water partition coefficient (Wildman–Crippen LogP) is 3.02. The SMILES string of the molecule is CC1CCCCN1C1CN(C(=O)Nc2ccnn2Cc2ccccc2)C1. The summed E-state index contributed by atoms with van der Waals surface area (Å²) < 4.78 is 1.83. The Balaban J connectivity index is 1.32. The van der Waals surface area contributed by atoms with E-state index in [2.05, 4.69) is 34.4 Å². The standard InChI is InChI=1S/C20H27N5O/c1-16-7-5-6-12-24(16)18-14-23(15-18)20(26)22-19-10-11-21-25(19)13-17-8-3-2-4-9-17/h2-4,8-11,16,18H,5-7,12-15H2,1H3,(H,22,26). The molecule has 138 valence electrons. The van der Waals surface area contributed by atoms with E-state index < -0.39 is 0 Å². The summed E-state index contributed by atoms with van der Waals surface area (Å²) in [4.78, 5) is 17.0. The lowest BCUT2D eigenvalue weighted by molar-refractivity contribution is 0.0199.